The van der Waals surface area contributed by atoms with Crippen LogP contribution in [0.15, 0.2) is 48.6 Å². The van der Waals surface area contributed by atoms with Crippen LogP contribution in [0.25, 0.3) is 0 Å². The van der Waals surface area contributed by atoms with Crippen molar-refractivity contribution in [1.82, 2.24) is 0 Å². The highest BCUT2D eigenvalue weighted by atomic mass is 16.3. The van der Waals surface area contributed by atoms with Gasteiger partial charge < -0.3 is 10.8 Å². The van der Waals surface area contributed by atoms with Crippen LogP contribution in [0, 0.1) is 0 Å². The molecule has 78 valence electrons. The Hall–Kier alpha value is -1.12. The highest BCUT2D eigenvalue weighted by Crippen LogP contribution is 1.95. The van der Waals surface area contributed by atoms with Gasteiger partial charge in [0, 0.05) is 6.54 Å². The smallest absolute Gasteiger partial charge is 0.0758 e. The molecule has 0 aliphatic rings. The van der Waals surface area contributed by atoms with Gasteiger partial charge in [-0.2, -0.15) is 0 Å². The SMILES string of the molecule is C/C=C/C=C/C=C/[C@@H](O)C/C=C/CN. The fourth-order valence-electron chi connectivity index (χ4n) is 0.842. The number of rotatable bonds is 6. The summed E-state index contributed by atoms with van der Waals surface area (Å²) in [5.74, 6) is 0. The van der Waals surface area contributed by atoms with Gasteiger partial charge in [0.05, 0.1) is 6.10 Å². The third-order valence-electron chi connectivity index (χ3n) is 1.54. The Morgan fingerprint density at radius 3 is 2.50 bits per heavy atom. The van der Waals surface area contributed by atoms with Gasteiger partial charge in [0.1, 0.15) is 0 Å². The lowest BCUT2D eigenvalue weighted by Gasteiger charge is -1.98. The molecule has 3 N–H and O–H groups in total. The first-order chi connectivity index (χ1) is 6.81. The molecule has 0 radical (unpaired) electrons. The zero-order valence-corrected chi connectivity index (χ0v) is 8.63. The molecule has 0 aliphatic carbocycles. The zero-order valence-electron chi connectivity index (χ0n) is 8.63. The molecule has 0 spiro atoms. The van der Waals surface area contributed by atoms with E-state index in [-0.39, 0.29) is 0 Å². The monoisotopic (exact) mass is 193 g/mol. The van der Waals surface area contributed by atoms with Crippen molar-refractivity contribution in [3.05, 3.63) is 48.6 Å². The fraction of sp³-hybridized carbons (Fsp3) is 0.333. The Bertz CT molecular complexity index is 226. The number of nitrogens with two attached hydrogens (primary N) is 1. The lowest BCUT2D eigenvalue weighted by atomic mass is 10.2. The van der Waals surface area contributed by atoms with E-state index in [0.717, 1.165) is 0 Å². The number of aliphatic hydroxyl groups is 1. The quantitative estimate of drug-likeness (QED) is 0.500. The van der Waals surface area contributed by atoms with E-state index in [0.29, 0.717) is 13.0 Å². The Morgan fingerprint density at radius 1 is 1.14 bits per heavy atom. The van der Waals surface area contributed by atoms with Crippen molar-refractivity contribution in [3.63, 3.8) is 0 Å². The van der Waals surface area contributed by atoms with Crippen LogP contribution in [0.2, 0.25) is 0 Å². The van der Waals surface area contributed by atoms with Crippen molar-refractivity contribution in [2.24, 2.45) is 5.73 Å². The number of allylic oxidation sites excluding steroid dienone is 5. The zero-order chi connectivity index (χ0) is 10.6. The van der Waals surface area contributed by atoms with Crippen molar-refractivity contribution < 1.29 is 5.11 Å². The number of hydrogen-bond acceptors (Lipinski definition) is 2. The van der Waals surface area contributed by atoms with E-state index >= 15 is 0 Å². The largest absolute Gasteiger partial charge is 0.389 e. The Kier molecular flexibility index (Phi) is 9.17. The van der Waals surface area contributed by atoms with Crippen molar-refractivity contribution in [1.29, 1.82) is 0 Å². The van der Waals surface area contributed by atoms with Crippen molar-refractivity contribution in [2.75, 3.05) is 6.54 Å². The highest BCUT2D eigenvalue weighted by Gasteiger charge is 1.92. The molecule has 0 fully saturated rings. The van der Waals surface area contributed by atoms with E-state index in [1.807, 2.05) is 49.5 Å². The van der Waals surface area contributed by atoms with Gasteiger partial charge in [-0.15, -0.1) is 0 Å². The second kappa shape index (κ2) is 9.96. The first kappa shape index (κ1) is 12.9. The molecule has 2 nitrogen and oxygen atoms in total. The molecule has 0 rings (SSSR count). The van der Waals surface area contributed by atoms with E-state index in [9.17, 15) is 5.11 Å². The van der Waals surface area contributed by atoms with Gasteiger partial charge in [0.2, 0.25) is 0 Å². The molecule has 0 heterocycles. The third kappa shape index (κ3) is 8.97. The molecule has 14 heavy (non-hydrogen) atoms. The van der Waals surface area contributed by atoms with Gasteiger partial charge in [-0.05, 0) is 13.3 Å². The van der Waals surface area contributed by atoms with Crippen molar-refractivity contribution >= 4 is 0 Å². The number of aliphatic hydroxyl groups excluding tert-OH is 1. The first-order valence-electron chi connectivity index (χ1n) is 4.80. The van der Waals surface area contributed by atoms with E-state index in [1.54, 1.807) is 6.08 Å². The minimum Gasteiger partial charge on any atom is -0.389 e. The minimum atomic E-state index is -0.423. The van der Waals surface area contributed by atoms with Crippen molar-refractivity contribution in [3.8, 4) is 0 Å². The van der Waals surface area contributed by atoms with Crippen LogP contribution >= 0.6 is 0 Å². The van der Waals surface area contributed by atoms with Gasteiger partial charge in [-0.1, -0.05) is 48.6 Å². The molecule has 0 saturated heterocycles. The van der Waals surface area contributed by atoms with Crippen LogP contribution in [-0.2, 0) is 0 Å². The maximum absolute atomic E-state index is 9.40. The summed E-state index contributed by atoms with van der Waals surface area (Å²) in [6, 6.07) is 0. The van der Waals surface area contributed by atoms with E-state index in [4.69, 9.17) is 5.73 Å². The standard InChI is InChI=1S/C12H19NO/c1-2-3-4-5-6-9-12(14)10-7-8-11-13/h2-9,12,14H,10-11,13H2,1H3/b3-2+,5-4+,8-7+,9-6+/t12-/m1/s1. The summed E-state index contributed by atoms with van der Waals surface area (Å²) >= 11 is 0. The highest BCUT2D eigenvalue weighted by molar-refractivity contribution is 5.12. The molecular formula is C12H19NO. The second-order valence-corrected chi connectivity index (χ2v) is 2.81. The predicted octanol–water partition coefficient (Wildman–Crippen LogP) is 1.94. The van der Waals surface area contributed by atoms with Crippen LogP contribution in [0.1, 0.15) is 13.3 Å². The molecule has 0 unspecified atom stereocenters. The summed E-state index contributed by atoms with van der Waals surface area (Å²) in [5, 5.41) is 9.40. The average Bonchev–Trinajstić information content (AvgIpc) is 2.18. The van der Waals surface area contributed by atoms with Gasteiger partial charge in [-0.25, -0.2) is 0 Å². The van der Waals surface area contributed by atoms with E-state index in [2.05, 4.69) is 0 Å². The lowest BCUT2D eigenvalue weighted by Crippen LogP contribution is -2.00. The van der Waals surface area contributed by atoms with Crippen LogP contribution in [0.5, 0.6) is 0 Å². The molecule has 2 heteroatoms. The molecule has 0 aromatic rings. The summed E-state index contributed by atoms with van der Waals surface area (Å²) in [6.45, 7) is 2.48. The first-order valence-corrected chi connectivity index (χ1v) is 4.80. The summed E-state index contributed by atoms with van der Waals surface area (Å²) in [6.07, 6.45) is 15.2. The summed E-state index contributed by atoms with van der Waals surface area (Å²) in [4.78, 5) is 0. The normalized spacial score (nSPS) is 15.4. The van der Waals surface area contributed by atoms with Crippen LogP contribution < -0.4 is 5.73 Å². The van der Waals surface area contributed by atoms with Gasteiger partial charge >= 0.3 is 0 Å². The van der Waals surface area contributed by atoms with Crippen LogP contribution in [0.3, 0.4) is 0 Å². The summed E-state index contributed by atoms with van der Waals surface area (Å²) in [7, 11) is 0. The maximum atomic E-state index is 9.40. The third-order valence-corrected chi connectivity index (χ3v) is 1.54. The second-order valence-electron chi connectivity index (χ2n) is 2.81. The van der Waals surface area contributed by atoms with E-state index in [1.165, 1.54) is 0 Å². The molecular weight excluding hydrogens is 174 g/mol. The van der Waals surface area contributed by atoms with Crippen LogP contribution in [0.4, 0.5) is 0 Å². The molecule has 0 bridgehead atoms. The predicted molar refractivity (Wildman–Crippen MR) is 61.9 cm³/mol. The average molecular weight is 193 g/mol. The lowest BCUT2D eigenvalue weighted by molar-refractivity contribution is 0.227. The summed E-state index contributed by atoms with van der Waals surface area (Å²) in [5.41, 5.74) is 5.26. The fourth-order valence-corrected chi connectivity index (χ4v) is 0.842. The molecule has 0 amide bonds. The summed E-state index contributed by atoms with van der Waals surface area (Å²) < 4.78 is 0. The Labute approximate surface area is 86.1 Å². The molecule has 0 saturated carbocycles. The Balaban J connectivity index is 3.70. The topological polar surface area (TPSA) is 46.2 Å². The van der Waals surface area contributed by atoms with Crippen LogP contribution in [-0.4, -0.2) is 17.8 Å². The molecule has 0 aromatic heterocycles. The minimum absolute atomic E-state index is 0.423. The van der Waals surface area contributed by atoms with Gasteiger partial charge in [0.15, 0.2) is 0 Å². The molecule has 0 aliphatic heterocycles. The molecule has 0 aromatic carbocycles. The Morgan fingerprint density at radius 2 is 1.86 bits per heavy atom. The van der Waals surface area contributed by atoms with E-state index < -0.39 is 6.10 Å². The van der Waals surface area contributed by atoms with Gasteiger partial charge in [0.25, 0.3) is 0 Å². The van der Waals surface area contributed by atoms with Gasteiger partial charge in [-0.3, -0.25) is 0 Å². The number of hydrogen-bond donors (Lipinski definition) is 2. The maximum Gasteiger partial charge on any atom is 0.0758 e. The molecule has 1 atom stereocenters. The van der Waals surface area contributed by atoms with Crippen molar-refractivity contribution in [2.45, 2.75) is 19.4 Å².